The van der Waals surface area contributed by atoms with Crippen LogP contribution < -0.4 is 10.0 Å². The highest BCUT2D eigenvalue weighted by Gasteiger charge is 2.19. The fourth-order valence-electron chi connectivity index (χ4n) is 2.62. The summed E-state index contributed by atoms with van der Waals surface area (Å²) in [6.45, 7) is 1.46. The van der Waals surface area contributed by atoms with Crippen molar-refractivity contribution in [2.45, 2.75) is 11.8 Å². The fraction of sp³-hybridized carbons (Fsp3) is 0.0476. The van der Waals surface area contributed by atoms with Crippen molar-refractivity contribution in [2.24, 2.45) is 0 Å². The van der Waals surface area contributed by atoms with Gasteiger partial charge in [0.15, 0.2) is 0 Å². The van der Waals surface area contributed by atoms with Crippen LogP contribution in [-0.4, -0.2) is 14.3 Å². The maximum Gasteiger partial charge on any atom is 0.261 e. The van der Waals surface area contributed by atoms with E-state index in [4.69, 9.17) is 5.26 Å². The van der Waals surface area contributed by atoms with Crippen LogP contribution in [0.5, 0.6) is 0 Å². The number of benzene rings is 3. The Balaban J connectivity index is 1.89. The second-order valence-corrected chi connectivity index (χ2v) is 7.89. The van der Waals surface area contributed by atoms with Gasteiger partial charge in [-0.3, -0.25) is 9.52 Å². The molecule has 0 aliphatic carbocycles. The quantitative estimate of drug-likeness (QED) is 0.664. The summed E-state index contributed by atoms with van der Waals surface area (Å²) in [5, 5.41) is 11.6. The predicted octanol–water partition coefficient (Wildman–Crippen LogP) is 4.06. The number of nitriles is 1. The lowest BCUT2D eigenvalue weighted by atomic mass is 10.1. The smallest absolute Gasteiger partial charge is 0.261 e. The lowest BCUT2D eigenvalue weighted by molar-refractivity contribution is 0.102. The summed E-state index contributed by atoms with van der Waals surface area (Å²) < 4.78 is 41.2. The highest BCUT2D eigenvalue weighted by atomic mass is 32.2. The standard InChI is InChI=1S/C21H16FN3O3S/c1-14-11-17(9-10-19(14)22)29(27,28)25-20-8-3-2-7-18(20)21(26)24-16-6-4-5-15(12-16)13-23/h2-12,25H,1H3,(H,24,26). The van der Waals surface area contributed by atoms with Crippen molar-refractivity contribution in [3.8, 4) is 6.07 Å². The van der Waals surface area contributed by atoms with E-state index in [2.05, 4.69) is 10.0 Å². The van der Waals surface area contributed by atoms with Crippen molar-refractivity contribution in [1.82, 2.24) is 0 Å². The van der Waals surface area contributed by atoms with Crippen molar-refractivity contribution in [1.29, 1.82) is 5.26 Å². The molecule has 2 N–H and O–H groups in total. The third-order valence-electron chi connectivity index (χ3n) is 4.11. The first-order valence-corrected chi connectivity index (χ1v) is 9.98. The molecule has 8 heteroatoms. The molecule has 0 radical (unpaired) electrons. The molecule has 146 valence electrons. The first-order valence-electron chi connectivity index (χ1n) is 8.50. The number of hydrogen-bond acceptors (Lipinski definition) is 4. The van der Waals surface area contributed by atoms with Crippen LogP contribution in [0.25, 0.3) is 0 Å². The zero-order valence-corrected chi connectivity index (χ0v) is 16.1. The van der Waals surface area contributed by atoms with E-state index in [9.17, 15) is 17.6 Å². The average Bonchev–Trinajstić information content (AvgIpc) is 2.70. The van der Waals surface area contributed by atoms with E-state index in [0.29, 0.717) is 11.3 Å². The van der Waals surface area contributed by atoms with Gasteiger partial charge in [-0.1, -0.05) is 18.2 Å². The Morgan fingerprint density at radius 1 is 1.03 bits per heavy atom. The van der Waals surface area contributed by atoms with Gasteiger partial charge < -0.3 is 5.32 Å². The van der Waals surface area contributed by atoms with Crippen LogP contribution in [0.4, 0.5) is 15.8 Å². The molecule has 0 spiro atoms. The molecule has 0 saturated carbocycles. The molecule has 0 fully saturated rings. The third-order valence-corrected chi connectivity index (χ3v) is 5.47. The maximum absolute atomic E-state index is 13.5. The molecule has 29 heavy (non-hydrogen) atoms. The summed E-state index contributed by atoms with van der Waals surface area (Å²) in [5.41, 5.74) is 1.14. The number of halogens is 1. The molecule has 3 aromatic carbocycles. The van der Waals surface area contributed by atoms with Crippen molar-refractivity contribution in [2.75, 3.05) is 10.0 Å². The van der Waals surface area contributed by atoms with Crippen LogP contribution in [0.1, 0.15) is 21.5 Å². The predicted molar refractivity (Wildman–Crippen MR) is 107 cm³/mol. The Morgan fingerprint density at radius 2 is 1.79 bits per heavy atom. The summed E-state index contributed by atoms with van der Waals surface area (Å²) in [4.78, 5) is 12.6. The number of carbonyl (C=O) groups is 1. The van der Waals surface area contributed by atoms with Crippen molar-refractivity contribution in [3.05, 3.63) is 89.2 Å². The maximum atomic E-state index is 13.5. The molecule has 0 saturated heterocycles. The van der Waals surface area contributed by atoms with Crippen LogP contribution in [0.3, 0.4) is 0 Å². The molecule has 0 aromatic heterocycles. The van der Waals surface area contributed by atoms with Crippen LogP contribution in [-0.2, 0) is 10.0 Å². The van der Waals surface area contributed by atoms with E-state index >= 15 is 0 Å². The Labute approximate surface area is 167 Å². The molecule has 0 bridgehead atoms. The van der Waals surface area contributed by atoms with Gasteiger partial charge in [0.2, 0.25) is 0 Å². The molecular weight excluding hydrogens is 393 g/mol. The molecule has 3 aromatic rings. The molecule has 0 atom stereocenters. The summed E-state index contributed by atoms with van der Waals surface area (Å²) in [5.74, 6) is -1.06. The number of carbonyl (C=O) groups excluding carboxylic acids is 1. The number of nitrogens with one attached hydrogen (secondary N) is 2. The number of nitrogens with zero attached hydrogens (tertiary/aromatic N) is 1. The Bertz CT molecular complexity index is 1230. The van der Waals surface area contributed by atoms with Gasteiger partial charge in [-0.05, 0) is 61.0 Å². The third kappa shape index (κ3) is 4.59. The minimum Gasteiger partial charge on any atom is -0.322 e. The zero-order valence-electron chi connectivity index (χ0n) is 15.3. The molecule has 0 aliphatic rings. The van der Waals surface area contributed by atoms with Crippen LogP contribution in [0.2, 0.25) is 0 Å². The summed E-state index contributed by atoms with van der Waals surface area (Å²) >= 11 is 0. The van der Waals surface area contributed by atoms with E-state index in [1.54, 1.807) is 30.3 Å². The molecule has 3 rings (SSSR count). The molecule has 0 unspecified atom stereocenters. The van der Waals surface area contributed by atoms with E-state index in [1.807, 2.05) is 6.07 Å². The highest BCUT2D eigenvalue weighted by molar-refractivity contribution is 7.92. The average molecular weight is 409 g/mol. The molecule has 6 nitrogen and oxygen atoms in total. The number of para-hydroxylation sites is 1. The summed E-state index contributed by atoms with van der Waals surface area (Å²) in [6, 6.07) is 17.9. The zero-order chi connectivity index (χ0) is 21.0. The van der Waals surface area contributed by atoms with Gasteiger partial charge in [-0.2, -0.15) is 5.26 Å². The minimum absolute atomic E-state index is 0.0726. The fourth-order valence-corrected chi connectivity index (χ4v) is 3.79. The summed E-state index contributed by atoms with van der Waals surface area (Å²) in [6.07, 6.45) is 0. The Kier molecular flexibility index (Phi) is 5.61. The largest absolute Gasteiger partial charge is 0.322 e. The molecule has 1 amide bonds. The summed E-state index contributed by atoms with van der Waals surface area (Å²) in [7, 11) is -4.03. The van der Waals surface area contributed by atoms with Gasteiger partial charge in [-0.25, -0.2) is 12.8 Å². The number of anilines is 2. The Hall–Kier alpha value is -3.70. The van der Waals surface area contributed by atoms with Gasteiger partial charge in [0.25, 0.3) is 15.9 Å². The van der Waals surface area contributed by atoms with Gasteiger partial charge >= 0.3 is 0 Å². The van der Waals surface area contributed by atoms with Crippen molar-refractivity contribution in [3.63, 3.8) is 0 Å². The number of rotatable bonds is 5. The van der Waals surface area contributed by atoms with Crippen LogP contribution >= 0.6 is 0 Å². The van der Waals surface area contributed by atoms with E-state index in [-0.39, 0.29) is 21.7 Å². The molecular formula is C21H16FN3O3S. The minimum atomic E-state index is -4.03. The Morgan fingerprint density at radius 3 is 2.52 bits per heavy atom. The van der Waals surface area contributed by atoms with Crippen LogP contribution in [0.15, 0.2) is 71.6 Å². The topological polar surface area (TPSA) is 99.1 Å². The lowest BCUT2D eigenvalue weighted by Crippen LogP contribution is -2.18. The van der Waals surface area contributed by atoms with E-state index in [1.165, 1.54) is 31.2 Å². The van der Waals surface area contributed by atoms with Gasteiger partial charge in [-0.15, -0.1) is 0 Å². The van der Waals surface area contributed by atoms with Gasteiger partial charge in [0.1, 0.15) is 5.82 Å². The number of sulfonamides is 1. The second kappa shape index (κ2) is 8.12. The van der Waals surface area contributed by atoms with Crippen molar-refractivity contribution < 1.29 is 17.6 Å². The molecule has 0 heterocycles. The lowest BCUT2D eigenvalue weighted by Gasteiger charge is -2.13. The normalized spacial score (nSPS) is 10.8. The number of hydrogen-bond donors (Lipinski definition) is 2. The van der Waals surface area contributed by atoms with Crippen molar-refractivity contribution >= 4 is 27.3 Å². The second-order valence-electron chi connectivity index (χ2n) is 6.21. The SMILES string of the molecule is Cc1cc(S(=O)(=O)Nc2ccccc2C(=O)Nc2cccc(C#N)c2)ccc1F. The van der Waals surface area contributed by atoms with Gasteiger partial charge in [0, 0.05) is 5.69 Å². The highest BCUT2D eigenvalue weighted by Crippen LogP contribution is 2.23. The number of amides is 1. The van der Waals surface area contributed by atoms with E-state index < -0.39 is 21.7 Å². The van der Waals surface area contributed by atoms with E-state index in [0.717, 1.165) is 12.1 Å². The first-order chi connectivity index (χ1) is 13.8. The number of aryl methyl sites for hydroxylation is 1. The van der Waals surface area contributed by atoms with Crippen LogP contribution in [0, 0.1) is 24.1 Å². The first kappa shape index (κ1) is 20.0. The van der Waals surface area contributed by atoms with Gasteiger partial charge in [0.05, 0.1) is 27.8 Å². The monoisotopic (exact) mass is 409 g/mol. The molecule has 0 aliphatic heterocycles.